The number of halogens is 2. The van der Waals surface area contributed by atoms with Crippen molar-refractivity contribution in [1.29, 1.82) is 0 Å². The van der Waals surface area contributed by atoms with Crippen LogP contribution in [0, 0.1) is 5.95 Å². The molecular weight excluding hydrogens is 158 g/mol. The van der Waals surface area contributed by atoms with Crippen LogP contribution in [0.4, 0.5) is 8.78 Å². The predicted molar refractivity (Wildman–Crippen MR) is 33.8 cm³/mol. The van der Waals surface area contributed by atoms with Gasteiger partial charge in [-0.25, -0.2) is 9.37 Å². The van der Waals surface area contributed by atoms with E-state index in [0.29, 0.717) is 0 Å². The fourth-order valence-corrected chi connectivity index (χ4v) is 0.823. The quantitative estimate of drug-likeness (QED) is 0.375. The maximum Gasteiger partial charge on any atom is 0.216 e. The first-order chi connectivity index (χ1) is 4.83. The van der Waals surface area contributed by atoms with Crippen LogP contribution in [0.15, 0.2) is 17.4 Å². The molecule has 0 saturated heterocycles. The van der Waals surface area contributed by atoms with Gasteiger partial charge in [0.2, 0.25) is 5.95 Å². The average molecular weight is 162 g/mol. The van der Waals surface area contributed by atoms with E-state index >= 15 is 0 Å². The lowest BCUT2D eigenvalue weighted by Gasteiger charge is -1.91. The molecular formula is C5H4F2N2S. The van der Waals surface area contributed by atoms with Gasteiger partial charge in [0.05, 0.1) is 0 Å². The average Bonchev–Trinajstić information content (AvgIpc) is 1.88. The Morgan fingerprint density at radius 1 is 1.60 bits per heavy atom. The third-order valence-corrected chi connectivity index (χ3v) is 1.35. The van der Waals surface area contributed by atoms with Crippen LogP contribution in [0.1, 0.15) is 0 Å². The van der Waals surface area contributed by atoms with Crippen molar-refractivity contribution >= 4 is 11.8 Å². The van der Waals surface area contributed by atoms with Crippen LogP contribution >= 0.6 is 11.8 Å². The first-order valence-corrected chi connectivity index (χ1v) is 3.49. The molecule has 0 N–H and O–H groups in total. The molecule has 0 amide bonds. The minimum atomic E-state index is -0.635. The van der Waals surface area contributed by atoms with E-state index < -0.39 is 12.0 Å². The molecule has 1 rings (SSSR count). The highest BCUT2D eigenvalue weighted by Crippen LogP contribution is 2.11. The third kappa shape index (κ3) is 1.91. The Bertz CT molecular complexity index is 219. The van der Waals surface area contributed by atoms with E-state index in [-0.39, 0.29) is 5.16 Å². The van der Waals surface area contributed by atoms with Gasteiger partial charge < -0.3 is 0 Å². The Balaban J connectivity index is 2.75. The summed E-state index contributed by atoms with van der Waals surface area (Å²) in [7, 11) is 0. The van der Waals surface area contributed by atoms with E-state index in [1.54, 1.807) is 0 Å². The first kappa shape index (κ1) is 7.40. The molecule has 10 heavy (non-hydrogen) atoms. The Kier molecular flexibility index (Phi) is 2.56. The van der Waals surface area contributed by atoms with Crippen LogP contribution in [0.25, 0.3) is 0 Å². The fraction of sp³-hybridized carbons (Fsp3) is 0.200. The maximum atomic E-state index is 12.2. The van der Waals surface area contributed by atoms with Crippen LogP contribution in [0.3, 0.4) is 0 Å². The summed E-state index contributed by atoms with van der Waals surface area (Å²) in [5.41, 5.74) is 0. The number of thioether (sulfide) groups is 1. The molecule has 0 atom stereocenters. The topological polar surface area (TPSA) is 25.8 Å². The fourth-order valence-electron chi connectivity index (χ4n) is 0.438. The van der Waals surface area contributed by atoms with E-state index in [0.717, 1.165) is 17.8 Å². The summed E-state index contributed by atoms with van der Waals surface area (Å²) >= 11 is 0.761. The molecule has 1 aromatic rings. The smallest absolute Gasteiger partial charge is 0.216 e. The van der Waals surface area contributed by atoms with Gasteiger partial charge in [0, 0.05) is 12.3 Å². The summed E-state index contributed by atoms with van der Waals surface area (Å²) in [5, 5.41) is 0.127. The zero-order valence-corrected chi connectivity index (χ0v) is 5.74. The SMILES string of the molecule is FCSc1nccc(F)n1. The number of alkyl halides is 1. The maximum absolute atomic E-state index is 12.2. The molecule has 2 nitrogen and oxygen atoms in total. The van der Waals surface area contributed by atoms with Gasteiger partial charge >= 0.3 is 0 Å². The summed E-state index contributed by atoms with van der Waals surface area (Å²) in [6.45, 7) is 0. The van der Waals surface area contributed by atoms with Crippen LogP contribution in [0.5, 0.6) is 0 Å². The van der Waals surface area contributed by atoms with E-state index in [1.165, 1.54) is 6.20 Å². The highest BCUT2D eigenvalue weighted by atomic mass is 32.2. The summed E-state index contributed by atoms with van der Waals surface area (Å²) in [4.78, 5) is 6.91. The van der Waals surface area contributed by atoms with Crippen molar-refractivity contribution in [3.63, 3.8) is 0 Å². The van der Waals surface area contributed by atoms with Gasteiger partial charge in [-0.05, 0) is 0 Å². The van der Waals surface area contributed by atoms with E-state index in [1.807, 2.05) is 0 Å². The summed E-state index contributed by atoms with van der Waals surface area (Å²) < 4.78 is 23.8. The van der Waals surface area contributed by atoms with Crippen LogP contribution < -0.4 is 0 Å². The number of nitrogens with zero attached hydrogens (tertiary/aromatic N) is 2. The second-order valence-corrected chi connectivity index (χ2v) is 2.29. The summed E-state index contributed by atoms with van der Waals surface area (Å²) in [6.07, 6.45) is 1.25. The van der Waals surface area contributed by atoms with Crippen molar-refractivity contribution in [3.05, 3.63) is 18.2 Å². The van der Waals surface area contributed by atoms with Gasteiger partial charge in [-0.15, -0.1) is 0 Å². The third-order valence-electron chi connectivity index (χ3n) is 0.783. The van der Waals surface area contributed by atoms with E-state index in [9.17, 15) is 8.78 Å². The zero-order valence-electron chi connectivity index (χ0n) is 4.92. The van der Waals surface area contributed by atoms with Gasteiger partial charge in [-0.1, -0.05) is 11.8 Å². The Hall–Kier alpha value is -0.710. The van der Waals surface area contributed by atoms with Gasteiger partial charge in [-0.2, -0.15) is 9.37 Å². The van der Waals surface area contributed by atoms with Gasteiger partial charge in [0.15, 0.2) is 5.16 Å². The monoisotopic (exact) mass is 162 g/mol. The Labute approximate surface area is 60.7 Å². The summed E-state index contributed by atoms with van der Waals surface area (Å²) in [6, 6.07) is 0.478. The molecule has 1 aromatic heterocycles. The number of hydrogen-bond acceptors (Lipinski definition) is 3. The number of hydrogen-bond donors (Lipinski definition) is 0. The van der Waals surface area contributed by atoms with Gasteiger partial charge in [0.1, 0.15) is 6.01 Å². The lowest BCUT2D eigenvalue weighted by Crippen LogP contribution is -1.88. The standard InChI is InChI=1S/C5H4F2N2S/c6-3-10-5-8-2-1-4(7)9-5/h1-2H,3H2. The largest absolute Gasteiger partial charge is 0.239 e. The molecule has 0 aliphatic heterocycles. The molecule has 0 unspecified atom stereocenters. The molecule has 0 fully saturated rings. The molecule has 1 heterocycles. The normalized spacial score (nSPS) is 9.80. The second-order valence-electron chi connectivity index (χ2n) is 1.42. The lowest BCUT2D eigenvalue weighted by atomic mass is 10.7. The molecule has 0 saturated carbocycles. The van der Waals surface area contributed by atoms with Crippen LogP contribution in [0.2, 0.25) is 0 Å². The predicted octanol–water partition coefficient (Wildman–Crippen LogP) is 1.63. The summed E-state index contributed by atoms with van der Waals surface area (Å²) in [5.74, 6) is -0.633. The Morgan fingerprint density at radius 2 is 2.40 bits per heavy atom. The van der Waals surface area contributed by atoms with Gasteiger partial charge in [-0.3, -0.25) is 0 Å². The molecule has 0 bridgehead atoms. The molecule has 54 valence electrons. The highest BCUT2D eigenvalue weighted by Gasteiger charge is 1.96. The highest BCUT2D eigenvalue weighted by molar-refractivity contribution is 7.98. The van der Waals surface area contributed by atoms with Crippen molar-refractivity contribution in [3.8, 4) is 0 Å². The second kappa shape index (κ2) is 3.46. The van der Waals surface area contributed by atoms with Gasteiger partial charge in [0.25, 0.3) is 0 Å². The number of rotatable bonds is 2. The first-order valence-electron chi connectivity index (χ1n) is 2.50. The number of aromatic nitrogens is 2. The molecule has 0 aliphatic carbocycles. The van der Waals surface area contributed by atoms with Crippen molar-refractivity contribution in [2.45, 2.75) is 5.16 Å². The molecule has 0 aromatic carbocycles. The molecule has 0 radical (unpaired) electrons. The zero-order chi connectivity index (χ0) is 7.40. The van der Waals surface area contributed by atoms with Crippen LogP contribution in [-0.4, -0.2) is 16.0 Å². The molecule has 0 spiro atoms. The van der Waals surface area contributed by atoms with E-state index in [2.05, 4.69) is 9.97 Å². The van der Waals surface area contributed by atoms with Crippen LogP contribution in [-0.2, 0) is 0 Å². The lowest BCUT2D eigenvalue weighted by molar-refractivity contribution is 0.560. The minimum Gasteiger partial charge on any atom is -0.239 e. The van der Waals surface area contributed by atoms with E-state index in [4.69, 9.17) is 0 Å². The van der Waals surface area contributed by atoms with Crippen molar-refractivity contribution in [2.75, 3.05) is 6.01 Å². The minimum absolute atomic E-state index is 0.127. The van der Waals surface area contributed by atoms with Crippen molar-refractivity contribution < 1.29 is 8.78 Å². The van der Waals surface area contributed by atoms with Crippen molar-refractivity contribution in [1.82, 2.24) is 9.97 Å². The molecule has 0 aliphatic rings. The molecule has 5 heteroatoms. The Morgan fingerprint density at radius 3 is 3.00 bits per heavy atom. The van der Waals surface area contributed by atoms with Crippen molar-refractivity contribution in [2.24, 2.45) is 0 Å².